The van der Waals surface area contributed by atoms with Gasteiger partial charge in [-0.05, 0) is 97.7 Å². The van der Waals surface area contributed by atoms with Gasteiger partial charge >= 0.3 is 0 Å². The van der Waals surface area contributed by atoms with Crippen LogP contribution in [-0.4, -0.2) is 132 Å². The van der Waals surface area contributed by atoms with Crippen LogP contribution in [0.15, 0.2) is 12.4 Å². The maximum Gasteiger partial charge on any atom is 0.0833 e. The van der Waals surface area contributed by atoms with Crippen molar-refractivity contribution in [1.29, 1.82) is 0 Å². The van der Waals surface area contributed by atoms with Crippen molar-refractivity contribution in [2.75, 3.05) is 85.7 Å². The molecule has 0 amide bonds. The number of hydrogen-bond acceptors (Lipinski definition) is 7. The molecule has 0 aliphatic carbocycles. The summed E-state index contributed by atoms with van der Waals surface area (Å²) in [7, 11) is 2.22. The average molecular weight is 589 g/mol. The summed E-state index contributed by atoms with van der Waals surface area (Å²) in [4.78, 5) is 10.4. The first kappa shape index (κ1) is 33.9. The number of nitrogens with zero attached hydrogens (tertiary/aromatic N) is 6. The minimum absolute atomic E-state index is 0.0356. The molecule has 242 valence electrons. The number of aryl methyl sites for hydroxylation is 1. The van der Waals surface area contributed by atoms with Crippen molar-refractivity contribution in [3.8, 4) is 0 Å². The van der Waals surface area contributed by atoms with Crippen molar-refractivity contribution in [3.05, 3.63) is 18.0 Å². The van der Waals surface area contributed by atoms with Crippen molar-refractivity contribution in [1.82, 2.24) is 29.4 Å². The Balaban J connectivity index is 1.19. The first-order chi connectivity index (χ1) is 19.8. The van der Waals surface area contributed by atoms with Crippen LogP contribution in [0.4, 0.5) is 0 Å². The van der Waals surface area contributed by atoms with Gasteiger partial charge in [0, 0.05) is 83.8 Å². The van der Waals surface area contributed by atoms with Crippen molar-refractivity contribution in [3.63, 3.8) is 0 Å². The Hall–Kier alpha value is -1.03. The molecule has 3 saturated heterocycles. The fourth-order valence-corrected chi connectivity index (χ4v) is 6.89. The van der Waals surface area contributed by atoms with Gasteiger partial charge in [-0.15, -0.1) is 0 Å². The van der Waals surface area contributed by atoms with Crippen molar-refractivity contribution in [2.24, 2.45) is 0 Å². The minimum Gasteiger partial charge on any atom is -0.376 e. The number of piperazine rings is 1. The van der Waals surface area contributed by atoms with Gasteiger partial charge in [-0.2, -0.15) is 5.10 Å². The summed E-state index contributed by atoms with van der Waals surface area (Å²) in [5.74, 6) is 0. The molecule has 8 heteroatoms. The van der Waals surface area contributed by atoms with Gasteiger partial charge in [0.1, 0.15) is 0 Å². The number of likely N-dealkylation sites (tertiary alicyclic amines) is 1. The second-order valence-corrected chi connectivity index (χ2v) is 15.8. The van der Waals surface area contributed by atoms with Crippen molar-refractivity contribution < 1.29 is 9.47 Å². The molecule has 3 fully saturated rings. The first-order valence-electron chi connectivity index (χ1n) is 16.9. The summed E-state index contributed by atoms with van der Waals surface area (Å²) >= 11 is 0. The van der Waals surface area contributed by atoms with Crippen LogP contribution in [0.5, 0.6) is 0 Å². The summed E-state index contributed by atoms with van der Waals surface area (Å²) in [6, 6.07) is 0. The van der Waals surface area contributed by atoms with Crippen LogP contribution >= 0.6 is 0 Å². The van der Waals surface area contributed by atoms with E-state index in [1.807, 2.05) is 0 Å². The van der Waals surface area contributed by atoms with Gasteiger partial charge in [0.25, 0.3) is 0 Å². The monoisotopic (exact) mass is 589 g/mol. The first-order valence-corrected chi connectivity index (χ1v) is 16.9. The number of piperidine rings is 1. The second-order valence-electron chi connectivity index (χ2n) is 15.8. The number of hydrogen-bond donors (Lipinski definition) is 0. The average Bonchev–Trinajstić information content (AvgIpc) is 3.41. The molecule has 4 rings (SSSR count). The Morgan fingerprint density at radius 3 is 2.21 bits per heavy atom. The lowest BCUT2D eigenvalue weighted by Crippen LogP contribution is -2.59. The highest BCUT2D eigenvalue weighted by Crippen LogP contribution is 2.37. The fourth-order valence-electron chi connectivity index (χ4n) is 6.89. The second kappa shape index (κ2) is 14.4. The number of likely N-dealkylation sites (N-methyl/N-ethyl adjacent to an activating group) is 1. The van der Waals surface area contributed by atoms with Gasteiger partial charge in [0.15, 0.2) is 0 Å². The number of rotatable bonds is 13. The fraction of sp³-hybridized carbons (Fsp3) is 0.912. The van der Waals surface area contributed by atoms with Gasteiger partial charge < -0.3 is 19.3 Å². The molecule has 1 aromatic rings. The zero-order chi connectivity index (χ0) is 30.4. The van der Waals surface area contributed by atoms with E-state index in [4.69, 9.17) is 14.6 Å². The Bertz CT molecular complexity index is 938. The van der Waals surface area contributed by atoms with Gasteiger partial charge in [0.2, 0.25) is 0 Å². The van der Waals surface area contributed by atoms with E-state index in [-0.39, 0.29) is 22.2 Å². The predicted molar refractivity (Wildman–Crippen MR) is 173 cm³/mol. The molecule has 0 unspecified atom stereocenters. The van der Waals surface area contributed by atoms with E-state index >= 15 is 0 Å². The molecule has 0 N–H and O–H groups in total. The number of aromatic nitrogens is 2. The smallest absolute Gasteiger partial charge is 0.0833 e. The molecule has 8 nitrogen and oxygen atoms in total. The zero-order valence-corrected chi connectivity index (χ0v) is 28.6. The van der Waals surface area contributed by atoms with Crippen LogP contribution in [0.2, 0.25) is 0 Å². The van der Waals surface area contributed by atoms with Crippen LogP contribution in [0.25, 0.3) is 0 Å². The molecular formula is C34H64N6O2. The third-order valence-corrected chi connectivity index (χ3v) is 10.2. The van der Waals surface area contributed by atoms with Crippen LogP contribution in [0.3, 0.4) is 0 Å². The quantitative estimate of drug-likeness (QED) is 0.309. The molecule has 0 bridgehead atoms. The molecule has 3 aliphatic rings. The van der Waals surface area contributed by atoms with E-state index in [2.05, 4.69) is 92.2 Å². The van der Waals surface area contributed by atoms with Crippen LogP contribution in [0, 0.1) is 0 Å². The molecule has 0 radical (unpaired) electrons. The molecule has 0 saturated carbocycles. The van der Waals surface area contributed by atoms with E-state index in [0.29, 0.717) is 0 Å². The maximum atomic E-state index is 6.49. The molecule has 1 aromatic heterocycles. The lowest BCUT2D eigenvalue weighted by molar-refractivity contribution is -0.144. The molecule has 0 aromatic carbocycles. The summed E-state index contributed by atoms with van der Waals surface area (Å²) in [5, 5.41) is 4.75. The largest absolute Gasteiger partial charge is 0.376 e. The Morgan fingerprint density at radius 1 is 0.833 bits per heavy atom. The summed E-state index contributed by atoms with van der Waals surface area (Å²) in [5.41, 5.74) is 1.66. The summed E-state index contributed by atoms with van der Waals surface area (Å²) in [6.07, 6.45) is 11.3. The third kappa shape index (κ3) is 10.00. The van der Waals surface area contributed by atoms with E-state index in [1.165, 1.54) is 51.1 Å². The van der Waals surface area contributed by atoms with E-state index in [0.717, 1.165) is 78.2 Å². The molecule has 4 heterocycles. The molecule has 1 spiro atoms. The van der Waals surface area contributed by atoms with Gasteiger partial charge in [-0.25, -0.2) is 0 Å². The van der Waals surface area contributed by atoms with Gasteiger partial charge in [-0.1, -0.05) is 13.8 Å². The standard InChI is InChI=1S/C34H64N6O2/c1-31(2,3)41-25-10-16-38-24-26-42-34(29-38)13-18-39(19-14-34)33(6,7)12-11-32(4,5)30-27-35-40(28-30)17-9-15-37-22-20-36(8)21-23-37/h27-28H,9-26,29H2,1-8H3. The molecule has 42 heavy (non-hydrogen) atoms. The van der Waals surface area contributed by atoms with Crippen LogP contribution in [-0.2, 0) is 21.4 Å². The highest BCUT2D eigenvalue weighted by molar-refractivity contribution is 5.17. The molecule has 0 atom stereocenters. The minimum atomic E-state index is -0.0481. The number of ether oxygens (including phenoxy) is 2. The highest BCUT2D eigenvalue weighted by atomic mass is 16.5. The molecule has 3 aliphatic heterocycles. The van der Waals surface area contributed by atoms with Gasteiger partial charge in [0.05, 0.1) is 24.0 Å². The predicted octanol–water partition coefficient (Wildman–Crippen LogP) is 4.73. The van der Waals surface area contributed by atoms with Crippen LogP contribution in [0.1, 0.15) is 92.6 Å². The van der Waals surface area contributed by atoms with Crippen molar-refractivity contribution in [2.45, 2.75) is 116 Å². The number of morpholine rings is 1. The SMILES string of the molecule is CN1CCN(CCCn2cc(C(C)(C)CCC(C)(C)N3CCC4(CC3)CN(CCCOC(C)(C)C)CCO4)cn2)CC1. The zero-order valence-electron chi connectivity index (χ0n) is 28.6. The molecular weight excluding hydrogens is 524 g/mol. The Labute approximate surface area is 258 Å². The van der Waals surface area contributed by atoms with Crippen molar-refractivity contribution >= 4 is 0 Å². The lowest BCUT2D eigenvalue weighted by atomic mass is 9.77. The Kier molecular flexibility index (Phi) is 11.6. The highest BCUT2D eigenvalue weighted by Gasteiger charge is 2.42. The topological polar surface area (TPSA) is 49.2 Å². The third-order valence-electron chi connectivity index (χ3n) is 10.2. The normalized spacial score (nSPS) is 22.3. The summed E-state index contributed by atoms with van der Waals surface area (Å²) in [6.45, 7) is 30.2. The lowest BCUT2D eigenvalue weighted by Gasteiger charge is -2.51. The van der Waals surface area contributed by atoms with Crippen LogP contribution < -0.4 is 0 Å². The van der Waals surface area contributed by atoms with E-state index < -0.39 is 0 Å². The summed E-state index contributed by atoms with van der Waals surface area (Å²) < 4.78 is 14.6. The maximum absolute atomic E-state index is 6.49. The van der Waals surface area contributed by atoms with E-state index in [9.17, 15) is 0 Å². The Morgan fingerprint density at radius 2 is 1.52 bits per heavy atom. The van der Waals surface area contributed by atoms with E-state index in [1.54, 1.807) is 0 Å². The van der Waals surface area contributed by atoms with Gasteiger partial charge in [-0.3, -0.25) is 14.5 Å².